The van der Waals surface area contributed by atoms with Gasteiger partial charge in [-0.2, -0.15) is 0 Å². The number of nitrogens with one attached hydrogen (secondary N) is 1. The summed E-state index contributed by atoms with van der Waals surface area (Å²) in [5.74, 6) is 1.83. The van der Waals surface area contributed by atoms with Crippen molar-refractivity contribution in [3.8, 4) is 11.1 Å². The number of esters is 1. The maximum absolute atomic E-state index is 13.6. The van der Waals surface area contributed by atoms with Crippen LogP contribution in [0.5, 0.6) is 0 Å². The number of amides is 1. The number of carbonyl (C=O) groups excluding carboxylic acids is 2. The normalized spacial score (nSPS) is 29.1. The molecule has 0 saturated heterocycles. The molecule has 4 fully saturated rings. The second-order valence-electron chi connectivity index (χ2n) is 9.75. The summed E-state index contributed by atoms with van der Waals surface area (Å²) < 4.78 is 5.12. The number of anilines is 1. The zero-order chi connectivity index (χ0) is 21.0. The third kappa shape index (κ3) is 3.18. The fourth-order valence-corrected chi connectivity index (χ4v) is 7.68. The molecule has 30 heavy (non-hydrogen) atoms. The summed E-state index contributed by atoms with van der Waals surface area (Å²) in [4.78, 5) is 27.4. The number of rotatable bonds is 4. The monoisotopic (exact) mass is 423 g/mol. The fraction of sp³-hybridized carbons (Fsp3) is 0.520. The number of thiophene rings is 1. The van der Waals surface area contributed by atoms with Crippen molar-refractivity contribution in [2.24, 2.45) is 23.2 Å². The highest BCUT2D eigenvalue weighted by atomic mass is 32.1. The Morgan fingerprint density at radius 1 is 1.00 bits per heavy atom. The molecule has 4 nitrogen and oxygen atoms in total. The van der Waals surface area contributed by atoms with E-state index in [1.807, 2.05) is 38.1 Å². The molecule has 0 aliphatic heterocycles. The van der Waals surface area contributed by atoms with Gasteiger partial charge in [0, 0.05) is 10.4 Å². The van der Waals surface area contributed by atoms with E-state index in [9.17, 15) is 9.59 Å². The minimum absolute atomic E-state index is 0.114. The van der Waals surface area contributed by atoms with Gasteiger partial charge in [0.05, 0.1) is 12.5 Å². The molecule has 158 valence electrons. The average Bonchev–Trinajstić information content (AvgIpc) is 3.02. The highest BCUT2D eigenvalue weighted by Crippen LogP contribution is 2.60. The molecule has 1 aromatic heterocycles. The van der Waals surface area contributed by atoms with E-state index in [0.29, 0.717) is 28.3 Å². The smallest absolute Gasteiger partial charge is 0.341 e. The Bertz CT molecular complexity index is 969. The van der Waals surface area contributed by atoms with Crippen LogP contribution in [0.3, 0.4) is 0 Å². The number of methoxy groups -OCH3 is 1. The summed E-state index contributed by atoms with van der Waals surface area (Å²) in [6.07, 6.45) is 6.93. The number of benzene rings is 1. The molecule has 0 spiro atoms. The third-order valence-electron chi connectivity index (χ3n) is 7.56. The van der Waals surface area contributed by atoms with Gasteiger partial charge in [-0.1, -0.05) is 29.8 Å². The lowest BCUT2D eigenvalue weighted by Gasteiger charge is -2.55. The Morgan fingerprint density at radius 3 is 2.10 bits per heavy atom. The first kappa shape index (κ1) is 19.8. The number of ether oxygens (including phenoxy) is 1. The summed E-state index contributed by atoms with van der Waals surface area (Å²) in [6.45, 7) is 4.05. The molecular formula is C25H29NO3S. The van der Waals surface area contributed by atoms with Gasteiger partial charge in [-0.3, -0.25) is 4.79 Å². The molecule has 1 amide bonds. The maximum Gasteiger partial charge on any atom is 0.341 e. The molecule has 2 aromatic rings. The lowest BCUT2D eigenvalue weighted by molar-refractivity contribution is -0.140. The van der Waals surface area contributed by atoms with E-state index in [4.69, 9.17) is 4.74 Å². The zero-order valence-corrected chi connectivity index (χ0v) is 18.7. The van der Waals surface area contributed by atoms with Gasteiger partial charge in [-0.25, -0.2) is 4.79 Å². The van der Waals surface area contributed by atoms with Crippen LogP contribution >= 0.6 is 11.3 Å². The van der Waals surface area contributed by atoms with Gasteiger partial charge in [0.25, 0.3) is 0 Å². The first-order valence-electron chi connectivity index (χ1n) is 11.0. The first-order chi connectivity index (χ1) is 14.4. The SMILES string of the molecule is COC(=O)c1c(NC(=O)C23CC4CC(CC(C4)C2)C3)sc(C)c1-c1ccc(C)cc1. The van der Waals surface area contributed by atoms with Crippen molar-refractivity contribution >= 4 is 28.2 Å². The predicted molar refractivity (Wildman–Crippen MR) is 120 cm³/mol. The largest absolute Gasteiger partial charge is 0.465 e. The van der Waals surface area contributed by atoms with Crippen molar-refractivity contribution in [1.82, 2.24) is 0 Å². The second-order valence-corrected chi connectivity index (χ2v) is 11.0. The van der Waals surface area contributed by atoms with Crippen molar-refractivity contribution in [2.75, 3.05) is 12.4 Å². The zero-order valence-electron chi connectivity index (χ0n) is 17.9. The van der Waals surface area contributed by atoms with Gasteiger partial charge in [-0.05, 0) is 75.7 Å². The first-order valence-corrected chi connectivity index (χ1v) is 11.8. The molecule has 5 heteroatoms. The number of carbonyl (C=O) groups is 2. The Hall–Kier alpha value is -2.14. The van der Waals surface area contributed by atoms with E-state index in [1.54, 1.807) is 0 Å². The van der Waals surface area contributed by atoms with Crippen molar-refractivity contribution in [2.45, 2.75) is 52.4 Å². The van der Waals surface area contributed by atoms with Gasteiger partial charge in [0.2, 0.25) is 5.91 Å². The summed E-state index contributed by atoms with van der Waals surface area (Å²) in [5.41, 5.74) is 3.26. The van der Waals surface area contributed by atoms with Gasteiger partial charge >= 0.3 is 5.97 Å². The molecule has 4 saturated carbocycles. The predicted octanol–water partition coefficient (Wildman–Crippen LogP) is 5.97. The van der Waals surface area contributed by atoms with Crippen molar-refractivity contribution in [3.05, 3.63) is 40.3 Å². The Balaban J connectivity index is 1.50. The Labute approximate surface area is 182 Å². The molecule has 1 aromatic carbocycles. The molecule has 4 bridgehead atoms. The van der Waals surface area contributed by atoms with Gasteiger partial charge in [-0.15, -0.1) is 11.3 Å². The molecule has 1 N–H and O–H groups in total. The second kappa shape index (κ2) is 7.23. The van der Waals surface area contributed by atoms with Crippen LogP contribution in [0.4, 0.5) is 5.00 Å². The third-order valence-corrected chi connectivity index (χ3v) is 8.58. The van der Waals surface area contributed by atoms with Gasteiger partial charge in [0.15, 0.2) is 0 Å². The number of hydrogen-bond donors (Lipinski definition) is 1. The molecule has 4 aliphatic carbocycles. The van der Waals surface area contributed by atoms with Crippen LogP contribution in [0.2, 0.25) is 0 Å². The number of aryl methyl sites for hydroxylation is 2. The van der Waals surface area contributed by atoms with E-state index in [0.717, 1.165) is 35.3 Å². The maximum atomic E-state index is 13.6. The summed E-state index contributed by atoms with van der Waals surface area (Å²) in [6, 6.07) is 8.14. The highest BCUT2D eigenvalue weighted by Gasteiger charge is 2.54. The lowest BCUT2D eigenvalue weighted by atomic mass is 9.49. The van der Waals surface area contributed by atoms with Gasteiger partial charge < -0.3 is 10.1 Å². The number of hydrogen-bond acceptors (Lipinski definition) is 4. The molecule has 4 aliphatic rings. The van der Waals surface area contributed by atoms with Crippen LogP contribution in [-0.4, -0.2) is 19.0 Å². The van der Waals surface area contributed by atoms with Crippen molar-refractivity contribution < 1.29 is 14.3 Å². The van der Waals surface area contributed by atoms with E-state index < -0.39 is 5.97 Å². The average molecular weight is 424 g/mol. The minimum atomic E-state index is -0.393. The van der Waals surface area contributed by atoms with Crippen LogP contribution in [0.1, 0.15) is 59.3 Å². The van der Waals surface area contributed by atoms with Crippen molar-refractivity contribution in [3.63, 3.8) is 0 Å². The summed E-state index contributed by atoms with van der Waals surface area (Å²) in [5, 5.41) is 3.84. The van der Waals surface area contributed by atoms with E-state index in [2.05, 4.69) is 5.32 Å². The molecule has 0 atom stereocenters. The molecule has 6 rings (SSSR count). The van der Waals surface area contributed by atoms with Crippen LogP contribution < -0.4 is 5.32 Å². The fourth-order valence-electron chi connectivity index (χ4n) is 6.62. The van der Waals surface area contributed by atoms with E-state index in [-0.39, 0.29) is 11.3 Å². The van der Waals surface area contributed by atoms with Crippen LogP contribution in [0.25, 0.3) is 11.1 Å². The van der Waals surface area contributed by atoms with Crippen LogP contribution in [0, 0.1) is 37.0 Å². The minimum Gasteiger partial charge on any atom is -0.465 e. The molecule has 0 unspecified atom stereocenters. The lowest BCUT2D eigenvalue weighted by Crippen LogP contribution is -2.51. The Morgan fingerprint density at radius 2 is 1.57 bits per heavy atom. The van der Waals surface area contributed by atoms with Crippen LogP contribution in [0.15, 0.2) is 24.3 Å². The summed E-state index contributed by atoms with van der Waals surface area (Å²) in [7, 11) is 1.40. The summed E-state index contributed by atoms with van der Waals surface area (Å²) >= 11 is 1.48. The molecule has 0 radical (unpaired) electrons. The van der Waals surface area contributed by atoms with E-state index >= 15 is 0 Å². The molecule has 1 heterocycles. The van der Waals surface area contributed by atoms with Gasteiger partial charge in [0.1, 0.15) is 10.6 Å². The topological polar surface area (TPSA) is 55.4 Å². The van der Waals surface area contributed by atoms with E-state index in [1.165, 1.54) is 43.3 Å². The van der Waals surface area contributed by atoms with Crippen molar-refractivity contribution in [1.29, 1.82) is 0 Å². The molecular weight excluding hydrogens is 394 g/mol. The van der Waals surface area contributed by atoms with Crippen LogP contribution in [-0.2, 0) is 9.53 Å². The Kier molecular flexibility index (Phi) is 4.77. The highest BCUT2D eigenvalue weighted by molar-refractivity contribution is 7.17. The quantitative estimate of drug-likeness (QED) is 0.616. The standard InChI is InChI=1S/C25H29NO3S/c1-14-4-6-19(7-5-14)20-15(2)30-22(21(20)23(27)29-3)26-24(28)25-11-16-8-17(12-25)10-18(9-16)13-25/h4-7,16-18H,8-13H2,1-3H3,(H,26,28).